The summed E-state index contributed by atoms with van der Waals surface area (Å²) in [5, 5.41) is 14.6. The maximum absolute atomic E-state index is 13.3. The van der Waals surface area contributed by atoms with E-state index in [1.165, 1.54) is 23.5 Å². The Morgan fingerprint density at radius 3 is 2.91 bits per heavy atom. The topological polar surface area (TPSA) is 65.8 Å². The van der Waals surface area contributed by atoms with Crippen molar-refractivity contribution in [2.24, 2.45) is 0 Å². The monoisotopic (exact) mass is 329 g/mol. The molecule has 0 atom stereocenters. The van der Waals surface area contributed by atoms with Crippen LogP contribution in [0.5, 0.6) is 0 Å². The highest BCUT2D eigenvalue weighted by Gasteiger charge is 2.35. The number of aromatic nitrogens is 1. The number of benzene rings is 1. The van der Waals surface area contributed by atoms with Gasteiger partial charge in [0, 0.05) is 10.9 Å². The quantitative estimate of drug-likeness (QED) is 0.934. The van der Waals surface area contributed by atoms with E-state index in [1.807, 2.05) is 0 Å². The van der Waals surface area contributed by atoms with E-state index in [1.54, 1.807) is 17.5 Å². The van der Waals surface area contributed by atoms with Gasteiger partial charge in [-0.25, -0.2) is 9.37 Å². The molecule has 0 saturated heterocycles. The molecule has 2 aromatic rings. The fraction of sp³-hybridized carbons (Fsp3) is 0.353. The van der Waals surface area contributed by atoms with E-state index in [0.717, 1.165) is 12.8 Å². The predicted octanol–water partition coefficient (Wildman–Crippen LogP) is 3.44. The van der Waals surface area contributed by atoms with Gasteiger partial charge in [0.05, 0.1) is 18.2 Å². The molecule has 1 saturated carbocycles. The maximum atomic E-state index is 13.3. The molecule has 1 amide bonds. The van der Waals surface area contributed by atoms with Gasteiger partial charge in [-0.2, -0.15) is 5.26 Å². The van der Waals surface area contributed by atoms with Gasteiger partial charge >= 0.3 is 0 Å². The van der Waals surface area contributed by atoms with Crippen molar-refractivity contribution in [3.8, 4) is 16.6 Å². The first-order chi connectivity index (χ1) is 11.1. The van der Waals surface area contributed by atoms with E-state index in [9.17, 15) is 14.4 Å². The molecule has 4 nitrogen and oxygen atoms in total. The zero-order valence-corrected chi connectivity index (χ0v) is 13.3. The van der Waals surface area contributed by atoms with E-state index in [-0.39, 0.29) is 18.1 Å². The number of carbonyl (C=O) groups excluding carboxylic acids is 1. The summed E-state index contributed by atoms with van der Waals surface area (Å²) in [7, 11) is 0. The molecule has 1 fully saturated rings. The van der Waals surface area contributed by atoms with Gasteiger partial charge in [0.15, 0.2) is 0 Å². The van der Waals surface area contributed by atoms with Crippen LogP contribution < -0.4 is 5.32 Å². The number of halogens is 1. The second kappa shape index (κ2) is 6.47. The number of rotatable bonds is 4. The van der Waals surface area contributed by atoms with Gasteiger partial charge in [0.1, 0.15) is 16.4 Å². The molecule has 1 aliphatic rings. The van der Waals surface area contributed by atoms with Crippen LogP contribution in [0.4, 0.5) is 4.39 Å². The number of nitrogens with zero attached hydrogens (tertiary/aromatic N) is 2. The lowest BCUT2D eigenvalue weighted by Gasteiger charge is -2.21. The first-order valence-corrected chi connectivity index (χ1v) is 8.41. The smallest absolute Gasteiger partial charge is 0.227 e. The van der Waals surface area contributed by atoms with Crippen LogP contribution in [0.25, 0.3) is 10.6 Å². The highest BCUT2D eigenvalue weighted by molar-refractivity contribution is 7.13. The summed E-state index contributed by atoms with van der Waals surface area (Å²) in [6, 6.07) is 8.47. The molecule has 1 heterocycles. The van der Waals surface area contributed by atoms with E-state index in [0.29, 0.717) is 29.1 Å². The Labute approximate surface area is 138 Å². The Kier molecular flexibility index (Phi) is 4.39. The Hall–Kier alpha value is -2.26. The summed E-state index contributed by atoms with van der Waals surface area (Å²) in [6.07, 6.45) is 3.49. The molecule has 0 radical (unpaired) electrons. The molecule has 1 N–H and O–H groups in total. The zero-order valence-electron chi connectivity index (χ0n) is 12.5. The third-order valence-electron chi connectivity index (χ3n) is 4.01. The summed E-state index contributed by atoms with van der Waals surface area (Å²) in [4.78, 5) is 16.6. The van der Waals surface area contributed by atoms with E-state index in [4.69, 9.17) is 0 Å². The van der Waals surface area contributed by atoms with E-state index < -0.39 is 5.54 Å². The van der Waals surface area contributed by atoms with Crippen LogP contribution >= 0.6 is 11.3 Å². The Morgan fingerprint density at radius 2 is 2.22 bits per heavy atom. The molecule has 1 aromatic heterocycles. The molecule has 23 heavy (non-hydrogen) atoms. The third kappa shape index (κ3) is 3.57. The third-order valence-corrected chi connectivity index (χ3v) is 4.95. The lowest BCUT2D eigenvalue weighted by Crippen LogP contribution is -2.45. The summed E-state index contributed by atoms with van der Waals surface area (Å²) >= 11 is 1.38. The zero-order chi connectivity index (χ0) is 16.3. The molecule has 0 aliphatic heterocycles. The minimum absolute atomic E-state index is 0.134. The van der Waals surface area contributed by atoms with Gasteiger partial charge in [-0.1, -0.05) is 12.1 Å². The lowest BCUT2D eigenvalue weighted by molar-refractivity contribution is -0.121. The minimum atomic E-state index is -0.710. The highest BCUT2D eigenvalue weighted by Crippen LogP contribution is 2.29. The molecular formula is C17H16FN3OS. The molecule has 0 spiro atoms. The van der Waals surface area contributed by atoms with Crippen LogP contribution in [0, 0.1) is 17.1 Å². The average Bonchev–Trinajstić information content (AvgIpc) is 3.17. The highest BCUT2D eigenvalue weighted by atomic mass is 32.1. The first-order valence-electron chi connectivity index (χ1n) is 7.53. The van der Waals surface area contributed by atoms with Crippen molar-refractivity contribution >= 4 is 17.2 Å². The van der Waals surface area contributed by atoms with Crippen molar-refractivity contribution in [2.45, 2.75) is 37.6 Å². The fourth-order valence-electron chi connectivity index (χ4n) is 2.86. The number of amides is 1. The largest absolute Gasteiger partial charge is 0.337 e. The SMILES string of the molecule is N#CC1(NC(=O)Cc2csc(-c3cccc(F)c3)n2)CCCC1. The number of hydrogen-bond acceptors (Lipinski definition) is 4. The van der Waals surface area contributed by atoms with Crippen LogP contribution in [0.1, 0.15) is 31.4 Å². The molecule has 1 aromatic carbocycles. The van der Waals surface area contributed by atoms with Gasteiger partial charge in [0.25, 0.3) is 0 Å². The van der Waals surface area contributed by atoms with Crippen LogP contribution in [0.3, 0.4) is 0 Å². The summed E-state index contributed by atoms with van der Waals surface area (Å²) in [5.74, 6) is -0.501. The van der Waals surface area contributed by atoms with Crippen molar-refractivity contribution in [3.63, 3.8) is 0 Å². The van der Waals surface area contributed by atoms with Gasteiger partial charge in [0.2, 0.25) is 5.91 Å². The average molecular weight is 329 g/mol. The minimum Gasteiger partial charge on any atom is -0.337 e. The fourth-order valence-corrected chi connectivity index (χ4v) is 3.68. The molecule has 118 valence electrons. The van der Waals surface area contributed by atoms with Crippen molar-refractivity contribution in [1.82, 2.24) is 10.3 Å². The van der Waals surface area contributed by atoms with Crippen LogP contribution in [0.15, 0.2) is 29.6 Å². The van der Waals surface area contributed by atoms with Crippen LogP contribution in [-0.4, -0.2) is 16.4 Å². The second-order valence-electron chi connectivity index (χ2n) is 5.78. The van der Waals surface area contributed by atoms with Crippen molar-refractivity contribution < 1.29 is 9.18 Å². The molecule has 6 heteroatoms. The normalized spacial score (nSPS) is 16.0. The Morgan fingerprint density at radius 1 is 1.43 bits per heavy atom. The molecule has 3 rings (SSSR count). The molecular weight excluding hydrogens is 313 g/mol. The standard InChI is InChI=1S/C17H16FN3OS/c18-13-5-3-4-12(8-13)16-20-14(10-23-16)9-15(22)21-17(11-19)6-1-2-7-17/h3-5,8,10H,1-2,6-7,9H2,(H,21,22). The number of thiazole rings is 1. The Bertz CT molecular complexity index is 759. The second-order valence-corrected chi connectivity index (χ2v) is 6.64. The number of nitrogens with one attached hydrogen (secondary N) is 1. The van der Waals surface area contributed by atoms with Gasteiger partial charge in [-0.3, -0.25) is 4.79 Å². The first kappa shape index (κ1) is 15.6. The van der Waals surface area contributed by atoms with Crippen LogP contribution in [0.2, 0.25) is 0 Å². The van der Waals surface area contributed by atoms with Gasteiger partial charge in [-0.05, 0) is 37.8 Å². The molecule has 0 unspecified atom stereocenters. The number of hydrogen-bond donors (Lipinski definition) is 1. The van der Waals surface area contributed by atoms with Gasteiger partial charge in [-0.15, -0.1) is 11.3 Å². The molecule has 0 bridgehead atoms. The van der Waals surface area contributed by atoms with Crippen molar-refractivity contribution in [3.05, 3.63) is 41.2 Å². The van der Waals surface area contributed by atoms with Crippen molar-refractivity contribution in [2.75, 3.05) is 0 Å². The van der Waals surface area contributed by atoms with E-state index in [2.05, 4.69) is 16.4 Å². The molecule has 1 aliphatic carbocycles. The van der Waals surface area contributed by atoms with E-state index >= 15 is 0 Å². The maximum Gasteiger partial charge on any atom is 0.227 e. The summed E-state index contributed by atoms with van der Waals surface area (Å²) in [5.41, 5.74) is 0.627. The van der Waals surface area contributed by atoms with Gasteiger partial charge < -0.3 is 5.32 Å². The number of nitriles is 1. The lowest BCUT2D eigenvalue weighted by atomic mass is 9.99. The number of carbonyl (C=O) groups is 1. The summed E-state index contributed by atoms with van der Waals surface area (Å²) < 4.78 is 13.3. The Balaban J connectivity index is 1.67. The predicted molar refractivity (Wildman–Crippen MR) is 86.2 cm³/mol. The van der Waals surface area contributed by atoms with Crippen molar-refractivity contribution in [1.29, 1.82) is 5.26 Å². The van der Waals surface area contributed by atoms with Crippen LogP contribution in [-0.2, 0) is 11.2 Å². The summed E-state index contributed by atoms with van der Waals surface area (Å²) in [6.45, 7) is 0.